The van der Waals surface area contributed by atoms with E-state index in [1.165, 1.54) is 83.5 Å². The van der Waals surface area contributed by atoms with Crippen molar-refractivity contribution in [3.63, 3.8) is 0 Å². The number of fused-ring (bicyclic) bond motifs is 1. The minimum Gasteiger partial charge on any atom is -0.310 e. The Labute approximate surface area is 333 Å². The summed E-state index contributed by atoms with van der Waals surface area (Å²) in [6.07, 6.45) is 20.8. The first-order valence-corrected chi connectivity index (χ1v) is 22.7. The number of nitrogens with zero attached hydrogens (tertiary/aromatic N) is 1. The van der Waals surface area contributed by atoms with Crippen molar-refractivity contribution < 1.29 is 4.79 Å². The van der Waals surface area contributed by atoms with Crippen LogP contribution in [0.25, 0.3) is 10.8 Å². The lowest BCUT2D eigenvalue weighted by molar-refractivity contribution is -0.137. The molecular weight excluding hydrogens is 687 g/mol. The Morgan fingerprint density at radius 1 is 0.630 bits per heavy atom. The Morgan fingerprint density at radius 2 is 1.22 bits per heavy atom. The van der Waals surface area contributed by atoms with E-state index in [1.54, 1.807) is 0 Å². The molecule has 9 heteroatoms. The van der Waals surface area contributed by atoms with Gasteiger partial charge in [0.25, 0.3) is 5.91 Å². The van der Waals surface area contributed by atoms with E-state index in [1.807, 2.05) is 35.1 Å². The van der Waals surface area contributed by atoms with Crippen LogP contribution in [-0.2, 0) is 4.79 Å². The molecule has 1 unspecified atom stereocenters. The van der Waals surface area contributed by atoms with Gasteiger partial charge >= 0.3 is 0 Å². The van der Waals surface area contributed by atoms with Crippen LogP contribution >= 0.6 is 11.8 Å². The molecule has 302 valence electrons. The third-order valence-electron chi connectivity index (χ3n) is 10.2. The van der Waals surface area contributed by atoms with Crippen LogP contribution in [0.1, 0.15) is 137 Å². The monoisotopic (exact) mass is 762 g/mol. The first kappa shape index (κ1) is 45.6. The summed E-state index contributed by atoms with van der Waals surface area (Å²) in [5, 5.41) is 12.1. The van der Waals surface area contributed by atoms with Gasteiger partial charge in [0.05, 0.1) is 17.4 Å². The van der Waals surface area contributed by atoms with Crippen LogP contribution in [0.5, 0.6) is 0 Å². The number of anilines is 2. The number of amides is 1. The standard InChI is InChI=1S/C45H75N7OS/c1-5-9-11-13-15-17-19-26-36-46-43(38-54-8-4)45(44(53)49-48-35-7-3,47-37-27-20-18-16-14-12-10-6-2)52(50-40-31-22-21-23-32-40)51-42-34-28-30-39-29-24-25-33-41(39)42/h21-25,28-34,43,46-48,50-51H,5-20,26-27,35-38H2,1-4H3,(H,49,53)/t43?,45-/m0/s1. The SMILES string of the molecule is CCCCCCCCCCNC(CSCC)[C@@](NCCCCCCCCCC)(C(=O)NNCCC)N(Nc1ccccc1)Nc1cccc2ccccc12. The van der Waals surface area contributed by atoms with Crippen molar-refractivity contribution >= 4 is 39.8 Å². The van der Waals surface area contributed by atoms with Crippen molar-refractivity contribution in [2.45, 2.75) is 149 Å². The zero-order valence-corrected chi connectivity index (χ0v) is 35.1. The van der Waals surface area contributed by atoms with Crippen LogP contribution in [0, 0.1) is 0 Å². The van der Waals surface area contributed by atoms with Crippen LogP contribution in [0.15, 0.2) is 72.8 Å². The number of unbranched alkanes of at least 4 members (excludes halogenated alkanes) is 14. The molecule has 2 atom stereocenters. The number of hydrogen-bond donors (Lipinski definition) is 6. The maximum Gasteiger partial charge on any atom is 0.274 e. The Bertz CT molecular complexity index is 1370. The highest BCUT2D eigenvalue weighted by Crippen LogP contribution is 2.29. The molecule has 0 aromatic heterocycles. The Morgan fingerprint density at radius 3 is 1.87 bits per heavy atom. The van der Waals surface area contributed by atoms with Gasteiger partial charge in [-0.2, -0.15) is 11.8 Å². The molecule has 0 saturated heterocycles. The summed E-state index contributed by atoms with van der Waals surface area (Å²) in [4.78, 5) is 15.2. The van der Waals surface area contributed by atoms with Gasteiger partial charge in [-0.1, -0.05) is 172 Å². The summed E-state index contributed by atoms with van der Waals surface area (Å²) in [5.41, 5.74) is 14.5. The summed E-state index contributed by atoms with van der Waals surface area (Å²) in [5.74, 6) is 1.59. The lowest BCUT2D eigenvalue weighted by atomic mass is 9.98. The van der Waals surface area contributed by atoms with Crippen molar-refractivity contribution in [1.82, 2.24) is 26.6 Å². The number of hydrogen-bond acceptors (Lipinski definition) is 8. The molecule has 0 radical (unpaired) electrons. The van der Waals surface area contributed by atoms with Crippen LogP contribution in [0.2, 0.25) is 0 Å². The maximum absolute atomic E-state index is 15.2. The molecule has 0 aliphatic rings. The van der Waals surface area contributed by atoms with Crippen LogP contribution in [0.3, 0.4) is 0 Å². The summed E-state index contributed by atoms with van der Waals surface area (Å²) in [7, 11) is 0. The van der Waals surface area contributed by atoms with E-state index in [0.717, 1.165) is 65.9 Å². The molecule has 3 aromatic rings. The van der Waals surface area contributed by atoms with Gasteiger partial charge in [-0.25, -0.2) is 5.43 Å². The number of carbonyl (C=O) groups is 1. The number of para-hydroxylation sites is 1. The third kappa shape index (κ3) is 16.1. The Kier molecular flexibility index (Phi) is 24.1. The summed E-state index contributed by atoms with van der Waals surface area (Å²) >= 11 is 1.87. The van der Waals surface area contributed by atoms with Crippen LogP contribution in [-0.4, -0.2) is 53.9 Å². The van der Waals surface area contributed by atoms with Gasteiger partial charge in [-0.3, -0.25) is 26.4 Å². The fourth-order valence-corrected chi connectivity index (χ4v) is 7.82. The summed E-state index contributed by atoms with van der Waals surface area (Å²) in [6, 6.07) is 24.7. The highest BCUT2D eigenvalue weighted by atomic mass is 32.2. The molecule has 6 N–H and O–H groups in total. The van der Waals surface area contributed by atoms with E-state index in [9.17, 15) is 0 Å². The highest BCUT2D eigenvalue weighted by molar-refractivity contribution is 7.99. The number of benzene rings is 3. The normalized spacial score (nSPS) is 13.2. The molecule has 54 heavy (non-hydrogen) atoms. The van der Waals surface area contributed by atoms with Crippen molar-refractivity contribution in [2.75, 3.05) is 42.0 Å². The second-order valence-corrected chi connectivity index (χ2v) is 16.0. The van der Waals surface area contributed by atoms with Crippen molar-refractivity contribution in [2.24, 2.45) is 0 Å². The predicted octanol–water partition coefficient (Wildman–Crippen LogP) is 10.8. The van der Waals surface area contributed by atoms with Gasteiger partial charge in [0, 0.05) is 17.7 Å². The largest absolute Gasteiger partial charge is 0.310 e. The molecule has 0 fully saturated rings. The minimum atomic E-state index is -1.24. The fraction of sp³-hybridized carbons (Fsp3) is 0.622. The van der Waals surface area contributed by atoms with Crippen molar-refractivity contribution in [1.29, 1.82) is 0 Å². The molecule has 0 saturated carbocycles. The molecule has 8 nitrogen and oxygen atoms in total. The average molecular weight is 762 g/mol. The zero-order valence-electron chi connectivity index (χ0n) is 34.3. The Balaban J connectivity index is 2.03. The van der Waals surface area contributed by atoms with Crippen LogP contribution in [0.4, 0.5) is 11.4 Å². The van der Waals surface area contributed by atoms with E-state index < -0.39 is 5.66 Å². The molecule has 1 amide bonds. The van der Waals surface area contributed by atoms with Gasteiger partial charge in [-0.05, 0) is 61.7 Å². The smallest absolute Gasteiger partial charge is 0.274 e. The van der Waals surface area contributed by atoms with Gasteiger partial charge < -0.3 is 5.32 Å². The lowest BCUT2D eigenvalue weighted by Crippen LogP contribution is -2.79. The molecule has 0 heterocycles. The number of hydrazine groups is 3. The number of nitrogens with one attached hydrogen (secondary N) is 6. The number of rotatable bonds is 33. The summed E-state index contributed by atoms with van der Waals surface area (Å²) < 4.78 is 0. The highest BCUT2D eigenvalue weighted by Gasteiger charge is 2.51. The lowest BCUT2D eigenvalue weighted by Gasteiger charge is -2.48. The third-order valence-corrected chi connectivity index (χ3v) is 11.1. The second-order valence-electron chi connectivity index (χ2n) is 14.6. The molecule has 0 spiro atoms. The van der Waals surface area contributed by atoms with Gasteiger partial charge in [0.1, 0.15) is 0 Å². The molecule has 0 bridgehead atoms. The first-order valence-electron chi connectivity index (χ1n) is 21.6. The molecule has 0 aliphatic heterocycles. The fourth-order valence-electron chi connectivity index (χ4n) is 6.99. The number of carbonyl (C=O) groups excluding carboxylic acids is 1. The topological polar surface area (TPSA) is 92.5 Å². The second kappa shape index (κ2) is 28.6. The van der Waals surface area contributed by atoms with Gasteiger partial charge in [-0.15, -0.1) is 5.12 Å². The van der Waals surface area contributed by atoms with Crippen molar-refractivity contribution in [3.05, 3.63) is 72.8 Å². The average Bonchev–Trinajstić information content (AvgIpc) is 3.20. The predicted molar refractivity (Wildman–Crippen MR) is 237 cm³/mol. The molecule has 3 rings (SSSR count). The van der Waals surface area contributed by atoms with E-state index in [-0.39, 0.29) is 11.9 Å². The van der Waals surface area contributed by atoms with E-state index in [0.29, 0.717) is 13.1 Å². The van der Waals surface area contributed by atoms with E-state index >= 15 is 4.79 Å². The van der Waals surface area contributed by atoms with E-state index in [4.69, 9.17) is 0 Å². The zero-order chi connectivity index (χ0) is 38.5. The maximum atomic E-state index is 15.2. The minimum absolute atomic E-state index is 0.128. The first-order chi connectivity index (χ1) is 26.6. The van der Waals surface area contributed by atoms with Gasteiger partial charge in [0.15, 0.2) is 0 Å². The molecular formula is C45H75N7OS. The van der Waals surface area contributed by atoms with Crippen molar-refractivity contribution in [3.8, 4) is 0 Å². The summed E-state index contributed by atoms with van der Waals surface area (Å²) in [6.45, 7) is 11.1. The molecule has 3 aromatic carbocycles. The molecule has 0 aliphatic carbocycles. The van der Waals surface area contributed by atoms with Crippen LogP contribution < -0.4 is 32.3 Å². The Hall–Kier alpha value is -2.82. The van der Waals surface area contributed by atoms with E-state index in [2.05, 4.69) is 115 Å². The van der Waals surface area contributed by atoms with Gasteiger partial charge in [0.2, 0.25) is 5.66 Å². The number of thioether (sulfide) groups is 1. The quantitative estimate of drug-likeness (QED) is 0.0208.